The number of Topliss-reactive ketones (excluding diaryl/α,β-unsaturated/α-hetero) is 4. The van der Waals surface area contributed by atoms with E-state index in [4.69, 9.17) is 39.5 Å². The van der Waals surface area contributed by atoms with Gasteiger partial charge in [0.1, 0.15) is 22.8 Å². The molecule has 16 rings (SSSR count). The Hall–Kier alpha value is -9.90. The highest BCUT2D eigenvalue weighted by Crippen LogP contribution is 2.39. The van der Waals surface area contributed by atoms with E-state index in [9.17, 15) is 56.6 Å². The molecule has 4 amide bonds. The standard InChI is InChI=1S/C26H37N5O3.C24H33N5O2.C23H28ClN5O3.C20H21Cl2F3N4O2/c1-19-5-6-21(24(17-19)29-10-7-22(8-11-29)26(3,4)34)18-28-13-15-30(16-14-28)25(33)31-12-9-23(27-31)20(2)32;1-18-7-8-21(23(16-18)28-10-5-4-6-19(28)2)17-26-12-14-27(15-13-26)24(31)29-11-9-22(25-29)20(3)30;1-16(30)21-4-5-29(25-21)23(31)27-8-6-26(7-9-27)11-17-2-3-20(24)10-22(17)28-12-18-14-32-15-19(18)13-28;1-12(30)18-17(22)11-29(26-18)19(31)28-7-5-15(6-8-28)27(2)10-13-9-14(21)3-4-16(13)20(23,24)25/h5-6,9,12,17,22,34H,7-8,10-11,13-16,18H2,1-4H3;7-9,11,16,19H,4-6,10,12-15,17H2,1-3H3;2-5,10,18-19H,6-9,11-15H2,1H3;3-4,9,11,15H,5-8,10H2,1-2H3/t;19-;;/m.0../s1. The minimum Gasteiger partial charge on any atom is -0.390 e. The van der Waals surface area contributed by atoms with Crippen LogP contribution in [0, 0.1) is 31.6 Å². The van der Waals surface area contributed by atoms with Crippen LogP contribution < -0.4 is 14.7 Å². The first kappa shape index (κ1) is 95.7. The molecule has 8 aliphatic heterocycles. The third-order valence-electron chi connectivity index (χ3n) is 26.0. The number of rotatable bonds is 17. The van der Waals surface area contributed by atoms with Crippen LogP contribution in [0.25, 0.3) is 0 Å². The quantitative estimate of drug-likeness (QED) is 0.0829. The van der Waals surface area contributed by atoms with E-state index in [2.05, 4.69) is 119 Å². The lowest BCUT2D eigenvalue weighted by molar-refractivity contribution is -0.138. The summed E-state index contributed by atoms with van der Waals surface area (Å²) in [4.78, 5) is 120. The van der Waals surface area contributed by atoms with E-state index in [0.717, 1.165) is 133 Å². The van der Waals surface area contributed by atoms with Crippen molar-refractivity contribution in [1.29, 1.82) is 0 Å². The van der Waals surface area contributed by atoms with Gasteiger partial charge in [0, 0.05) is 248 Å². The third-order valence-corrected chi connectivity index (χ3v) is 26.7. The molecule has 0 radical (unpaired) electrons. The number of hydrogen-bond acceptors (Lipinski definition) is 21. The number of fused-ring (bicyclic) bond motifs is 1. The molecule has 35 heteroatoms. The Morgan fingerprint density at radius 1 is 0.469 bits per heavy atom. The molecule has 0 saturated carbocycles. The van der Waals surface area contributed by atoms with Gasteiger partial charge in [0.05, 0.1) is 35.6 Å². The zero-order valence-corrected chi connectivity index (χ0v) is 77.1. The molecule has 0 spiro atoms. The molecule has 2 unspecified atom stereocenters. The second-order valence-corrected chi connectivity index (χ2v) is 37.0. The third kappa shape index (κ3) is 24.2. The van der Waals surface area contributed by atoms with Crippen molar-refractivity contribution in [3.8, 4) is 0 Å². The second kappa shape index (κ2) is 42.3. The molecule has 12 heterocycles. The topological polar surface area (TPSA) is 273 Å². The fraction of sp³-hybridized carbons (Fsp3) is 0.527. The number of alkyl halides is 3. The van der Waals surface area contributed by atoms with Crippen LogP contribution in [-0.2, 0) is 37.1 Å². The Bertz CT molecular complexity index is 5250. The predicted molar refractivity (Wildman–Crippen MR) is 486 cm³/mol. The molecule has 1 N–H and O–H groups in total. The van der Waals surface area contributed by atoms with Gasteiger partial charge in [0.25, 0.3) is 0 Å². The largest absolute Gasteiger partial charge is 0.416 e. The molecule has 4 aromatic heterocycles. The van der Waals surface area contributed by atoms with Crippen molar-refractivity contribution in [3.05, 3.63) is 193 Å². The van der Waals surface area contributed by atoms with E-state index in [1.54, 1.807) is 58.5 Å². The Morgan fingerprint density at radius 3 is 1.32 bits per heavy atom. The van der Waals surface area contributed by atoms with Gasteiger partial charge in [-0.3, -0.25) is 38.8 Å². The minimum atomic E-state index is -4.46. The fourth-order valence-electron chi connectivity index (χ4n) is 18.3. The molecule has 8 saturated heterocycles. The number of aromatic nitrogens is 8. The minimum absolute atomic E-state index is 0.00175. The summed E-state index contributed by atoms with van der Waals surface area (Å²) in [6.07, 6.45) is 8.53. The number of nitrogens with zero attached hydrogens (tertiary/aromatic N) is 19. The lowest BCUT2D eigenvalue weighted by atomic mass is 9.83. The molecule has 29 nitrogen and oxygen atoms in total. The molecular formula is C93H119Cl3F3N19O10. The highest BCUT2D eigenvalue weighted by molar-refractivity contribution is 6.33. The predicted octanol–water partition coefficient (Wildman–Crippen LogP) is 14.3. The number of piperazine rings is 3. The normalized spacial score (nSPS) is 19.4. The first-order valence-electron chi connectivity index (χ1n) is 44.4. The second-order valence-electron chi connectivity index (χ2n) is 35.7. The number of ether oxygens (including phenoxy) is 1. The number of halogens is 6. The van der Waals surface area contributed by atoms with Gasteiger partial charge >= 0.3 is 30.3 Å². The van der Waals surface area contributed by atoms with Crippen molar-refractivity contribution in [2.75, 3.05) is 159 Å². The zero-order valence-electron chi connectivity index (χ0n) is 74.9. The number of amides is 4. The molecular weight excluding hydrogens is 1710 g/mol. The lowest BCUT2D eigenvalue weighted by Gasteiger charge is -2.40. The zero-order chi connectivity index (χ0) is 91.6. The van der Waals surface area contributed by atoms with E-state index in [1.165, 1.54) is 124 Å². The van der Waals surface area contributed by atoms with Gasteiger partial charge in [0.2, 0.25) is 0 Å². The average Bonchev–Trinajstić information content (AvgIpc) is 1.57. The van der Waals surface area contributed by atoms with Crippen molar-refractivity contribution in [1.82, 2.24) is 78.3 Å². The van der Waals surface area contributed by atoms with Crippen LogP contribution in [0.15, 0.2) is 116 Å². The maximum absolute atomic E-state index is 13.3. The van der Waals surface area contributed by atoms with Gasteiger partial charge in [-0.15, -0.1) is 0 Å². The Kier molecular flexibility index (Phi) is 31.6. The van der Waals surface area contributed by atoms with Crippen LogP contribution in [-0.4, -0.2) is 293 Å². The van der Waals surface area contributed by atoms with Crippen molar-refractivity contribution in [3.63, 3.8) is 0 Å². The van der Waals surface area contributed by atoms with Crippen LogP contribution in [0.3, 0.4) is 0 Å². The van der Waals surface area contributed by atoms with Crippen LogP contribution in [0.4, 0.5) is 49.4 Å². The maximum Gasteiger partial charge on any atom is 0.416 e. The highest BCUT2D eigenvalue weighted by Gasteiger charge is 2.40. The summed E-state index contributed by atoms with van der Waals surface area (Å²) in [5.41, 5.74) is 10.2. The molecule has 688 valence electrons. The number of anilines is 3. The number of ketones is 4. The van der Waals surface area contributed by atoms with Gasteiger partial charge in [-0.1, -0.05) is 65.1 Å². The highest BCUT2D eigenvalue weighted by atomic mass is 35.5. The first-order chi connectivity index (χ1) is 61.0. The van der Waals surface area contributed by atoms with Crippen molar-refractivity contribution in [2.45, 2.75) is 157 Å². The van der Waals surface area contributed by atoms with Gasteiger partial charge in [-0.05, 0) is 187 Å². The number of carbonyl (C=O) groups is 8. The number of hydrogen-bond donors (Lipinski definition) is 1. The van der Waals surface area contributed by atoms with Crippen molar-refractivity contribution >= 4 is 99.1 Å². The summed E-state index contributed by atoms with van der Waals surface area (Å²) in [5.74, 6) is 0.807. The van der Waals surface area contributed by atoms with Crippen LogP contribution in [0.2, 0.25) is 15.1 Å². The average molecular weight is 1830 g/mol. The summed E-state index contributed by atoms with van der Waals surface area (Å²) in [6, 6.07) is 27.7. The summed E-state index contributed by atoms with van der Waals surface area (Å²) in [7, 11) is 1.76. The molecule has 0 aliphatic carbocycles. The Morgan fingerprint density at radius 2 is 0.891 bits per heavy atom. The van der Waals surface area contributed by atoms with Crippen molar-refractivity contribution in [2.24, 2.45) is 17.8 Å². The fourth-order valence-corrected chi connectivity index (χ4v) is 18.9. The molecule has 128 heavy (non-hydrogen) atoms. The van der Waals surface area contributed by atoms with Crippen LogP contribution in [0.5, 0.6) is 0 Å². The molecule has 3 atom stereocenters. The SMILES string of the molecule is CC(=O)c1ccn(C(=O)N2CCN(Cc3ccc(C)cc3N3CCC(C(C)(C)O)CC3)CC2)n1.CC(=O)c1ccn(C(=O)N2CCN(Cc3ccc(C)cc3N3CCCC[C@@H]3C)CC2)n1.CC(=O)c1ccn(C(=O)N2CCN(Cc3ccc(Cl)cc3N3CC4COCC4C3)CC2)n1.CC(=O)c1nn(C(=O)N2CCC(N(C)Cc3cc(Cl)ccc3C(F)(F)F)CC2)cc1Cl. The van der Waals surface area contributed by atoms with Crippen LogP contribution in [0.1, 0.15) is 174 Å². The number of benzene rings is 4. The number of carbonyl (C=O) groups excluding carboxylic acids is 8. The van der Waals surface area contributed by atoms with E-state index in [-0.39, 0.29) is 75.1 Å². The van der Waals surface area contributed by atoms with Crippen LogP contribution >= 0.6 is 34.8 Å². The smallest absolute Gasteiger partial charge is 0.390 e. The number of aryl methyl sites for hydroxylation is 2. The first-order valence-corrected chi connectivity index (χ1v) is 45.5. The van der Waals surface area contributed by atoms with Gasteiger partial charge in [-0.2, -0.15) is 52.3 Å². The summed E-state index contributed by atoms with van der Waals surface area (Å²) < 4.78 is 50.4. The van der Waals surface area contributed by atoms with Crippen molar-refractivity contribution < 1.29 is 61.4 Å². The Labute approximate surface area is 761 Å². The number of likely N-dealkylation sites (tertiary alicyclic amines) is 1. The summed E-state index contributed by atoms with van der Waals surface area (Å²) >= 11 is 18.2. The van der Waals surface area contributed by atoms with Gasteiger partial charge in [-0.25, -0.2) is 19.2 Å². The monoisotopic (exact) mass is 1820 g/mol. The molecule has 8 aromatic rings. The summed E-state index contributed by atoms with van der Waals surface area (Å²) in [6.45, 7) is 35.1. The number of piperidine rings is 3. The Balaban J connectivity index is 0.000000146. The number of aliphatic hydroxyl groups is 1. The maximum atomic E-state index is 13.3. The molecule has 8 fully saturated rings. The molecule has 0 bridgehead atoms. The van der Waals surface area contributed by atoms with E-state index in [1.807, 2.05) is 29.7 Å². The van der Waals surface area contributed by atoms with E-state index in [0.29, 0.717) is 106 Å². The van der Waals surface area contributed by atoms with E-state index >= 15 is 0 Å². The van der Waals surface area contributed by atoms with E-state index < -0.39 is 23.4 Å². The van der Waals surface area contributed by atoms with Gasteiger partial charge < -0.3 is 44.1 Å². The molecule has 8 aliphatic rings. The lowest BCUT2D eigenvalue weighted by Crippen LogP contribution is -2.49. The van der Waals surface area contributed by atoms with Gasteiger partial charge in [0.15, 0.2) is 23.1 Å². The molecule has 4 aromatic carbocycles. The summed E-state index contributed by atoms with van der Waals surface area (Å²) in [5, 5.41) is 27.8.